The standard InChI is InChI=1S/C19H23N3O3/c1-12(2)22(14-7-8-14)16(23)11-21-17(24)19(20-18(21)25)10-9-13-5-3-4-6-15(13)19/h3-6,12,14H,7-11H2,1-2H3,(H,20,25). The van der Waals surface area contributed by atoms with E-state index in [-0.39, 0.29) is 30.4 Å². The topological polar surface area (TPSA) is 69.7 Å². The van der Waals surface area contributed by atoms with Crippen LogP contribution in [0.3, 0.4) is 0 Å². The number of carbonyl (C=O) groups is 3. The number of nitrogens with zero attached hydrogens (tertiary/aromatic N) is 2. The normalized spacial score (nSPS) is 24.8. The van der Waals surface area contributed by atoms with Crippen molar-refractivity contribution in [2.75, 3.05) is 6.54 Å². The minimum Gasteiger partial charge on any atom is -0.336 e. The number of imide groups is 1. The number of hydrogen-bond acceptors (Lipinski definition) is 3. The number of aryl methyl sites for hydroxylation is 1. The minimum atomic E-state index is -0.990. The Balaban J connectivity index is 1.58. The Bertz CT molecular complexity index is 754. The Kier molecular flexibility index (Phi) is 3.60. The van der Waals surface area contributed by atoms with Crippen LogP contribution in [0.25, 0.3) is 0 Å². The lowest BCUT2D eigenvalue weighted by Gasteiger charge is -2.28. The van der Waals surface area contributed by atoms with Crippen LogP contribution in [0, 0.1) is 0 Å². The molecule has 6 heteroatoms. The molecule has 2 aliphatic carbocycles. The molecule has 1 saturated carbocycles. The molecule has 1 heterocycles. The molecule has 1 saturated heterocycles. The third-order valence-electron chi connectivity index (χ3n) is 5.50. The van der Waals surface area contributed by atoms with Crippen LogP contribution in [0.2, 0.25) is 0 Å². The van der Waals surface area contributed by atoms with Crippen molar-refractivity contribution in [3.05, 3.63) is 35.4 Å². The molecule has 1 aliphatic heterocycles. The molecule has 2 fully saturated rings. The summed E-state index contributed by atoms with van der Waals surface area (Å²) in [5.74, 6) is -0.445. The zero-order valence-electron chi connectivity index (χ0n) is 14.6. The van der Waals surface area contributed by atoms with E-state index in [2.05, 4.69) is 5.32 Å². The molecule has 0 radical (unpaired) electrons. The van der Waals surface area contributed by atoms with Gasteiger partial charge in [0.2, 0.25) is 5.91 Å². The average molecular weight is 341 g/mol. The van der Waals surface area contributed by atoms with E-state index in [0.29, 0.717) is 6.42 Å². The highest BCUT2D eigenvalue weighted by atomic mass is 16.2. The van der Waals surface area contributed by atoms with E-state index in [0.717, 1.165) is 35.3 Å². The number of urea groups is 1. The van der Waals surface area contributed by atoms with Crippen molar-refractivity contribution in [1.29, 1.82) is 0 Å². The molecular weight excluding hydrogens is 318 g/mol. The van der Waals surface area contributed by atoms with Crippen LogP contribution in [0.4, 0.5) is 4.79 Å². The number of carbonyl (C=O) groups excluding carboxylic acids is 3. The Morgan fingerprint density at radius 3 is 2.72 bits per heavy atom. The predicted molar refractivity (Wildman–Crippen MR) is 91.7 cm³/mol. The molecule has 1 spiro atoms. The number of benzene rings is 1. The first-order chi connectivity index (χ1) is 11.9. The van der Waals surface area contributed by atoms with Crippen LogP contribution in [-0.4, -0.2) is 46.3 Å². The van der Waals surface area contributed by atoms with Gasteiger partial charge in [0.15, 0.2) is 0 Å². The summed E-state index contributed by atoms with van der Waals surface area (Å²) >= 11 is 0. The third-order valence-corrected chi connectivity index (χ3v) is 5.50. The average Bonchev–Trinajstić information content (AvgIpc) is 3.29. The molecule has 1 atom stereocenters. The number of rotatable bonds is 4. The van der Waals surface area contributed by atoms with Crippen LogP contribution in [0.15, 0.2) is 24.3 Å². The van der Waals surface area contributed by atoms with Gasteiger partial charge in [0.1, 0.15) is 12.1 Å². The summed E-state index contributed by atoms with van der Waals surface area (Å²) in [6.07, 6.45) is 3.31. The van der Waals surface area contributed by atoms with Crippen LogP contribution in [0.1, 0.15) is 44.2 Å². The molecule has 132 valence electrons. The van der Waals surface area contributed by atoms with Crippen LogP contribution >= 0.6 is 0 Å². The van der Waals surface area contributed by atoms with Crippen LogP contribution in [0.5, 0.6) is 0 Å². The van der Waals surface area contributed by atoms with Gasteiger partial charge in [-0.1, -0.05) is 24.3 Å². The molecule has 1 aromatic carbocycles. The quantitative estimate of drug-likeness (QED) is 0.849. The van der Waals surface area contributed by atoms with Gasteiger partial charge >= 0.3 is 6.03 Å². The highest BCUT2D eigenvalue weighted by Crippen LogP contribution is 2.41. The van der Waals surface area contributed by atoms with E-state index in [1.54, 1.807) is 0 Å². The Morgan fingerprint density at radius 2 is 2.04 bits per heavy atom. The van der Waals surface area contributed by atoms with E-state index < -0.39 is 11.6 Å². The fourth-order valence-electron chi connectivity index (χ4n) is 4.22. The Labute approximate surface area is 147 Å². The molecule has 4 amide bonds. The summed E-state index contributed by atoms with van der Waals surface area (Å²) in [5.41, 5.74) is 0.966. The van der Waals surface area contributed by atoms with E-state index in [1.807, 2.05) is 43.0 Å². The van der Waals surface area contributed by atoms with Gasteiger partial charge in [-0.05, 0) is 50.7 Å². The van der Waals surface area contributed by atoms with Gasteiger partial charge in [-0.25, -0.2) is 4.79 Å². The van der Waals surface area contributed by atoms with Gasteiger partial charge in [0, 0.05) is 12.1 Å². The second-order valence-corrected chi connectivity index (χ2v) is 7.51. The molecule has 1 aromatic rings. The number of nitrogens with one attached hydrogen (secondary N) is 1. The number of fused-ring (bicyclic) bond motifs is 2. The summed E-state index contributed by atoms with van der Waals surface area (Å²) < 4.78 is 0. The number of hydrogen-bond donors (Lipinski definition) is 1. The maximum Gasteiger partial charge on any atom is 0.325 e. The van der Waals surface area contributed by atoms with Crippen molar-refractivity contribution in [3.63, 3.8) is 0 Å². The minimum absolute atomic E-state index is 0.0712. The van der Waals surface area contributed by atoms with Crippen LogP contribution in [-0.2, 0) is 21.5 Å². The summed E-state index contributed by atoms with van der Waals surface area (Å²) in [7, 11) is 0. The van der Waals surface area contributed by atoms with Gasteiger partial charge in [-0.2, -0.15) is 0 Å². The van der Waals surface area contributed by atoms with Crippen LogP contribution < -0.4 is 5.32 Å². The predicted octanol–water partition coefficient (Wildman–Crippen LogP) is 1.78. The Morgan fingerprint density at radius 1 is 1.32 bits per heavy atom. The molecule has 6 nitrogen and oxygen atoms in total. The fraction of sp³-hybridized carbons (Fsp3) is 0.526. The molecule has 0 aromatic heterocycles. The van der Waals surface area contributed by atoms with Crippen molar-refractivity contribution in [1.82, 2.24) is 15.1 Å². The van der Waals surface area contributed by atoms with E-state index in [9.17, 15) is 14.4 Å². The molecular formula is C19H23N3O3. The van der Waals surface area contributed by atoms with E-state index in [1.165, 1.54) is 0 Å². The molecule has 25 heavy (non-hydrogen) atoms. The summed E-state index contributed by atoms with van der Waals surface area (Å²) in [6.45, 7) is 3.76. The summed E-state index contributed by atoms with van der Waals surface area (Å²) in [4.78, 5) is 41.2. The second kappa shape index (κ2) is 5.58. The summed E-state index contributed by atoms with van der Waals surface area (Å²) in [6, 6.07) is 7.58. The van der Waals surface area contributed by atoms with E-state index >= 15 is 0 Å². The maximum absolute atomic E-state index is 13.1. The number of amides is 4. The lowest BCUT2D eigenvalue weighted by Crippen LogP contribution is -2.47. The lowest BCUT2D eigenvalue weighted by atomic mass is 9.92. The maximum atomic E-state index is 13.1. The first-order valence-electron chi connectivity index (χ1n) is 8.98. The lowest BCUT2D eigenvalue weighted by molar-refractivity contribution is -0.140. The molecule has 4 rings (SSSR count). The molecule has 1 unspecified atom stereocenters. The Hall–Kier alpha value is -2.37. The fourth-order valence-corrected chi connectivity index (χ4v) is 4.22. The van der Waals surface area contributed by atoms with Gasteiger partial charge in [-0.3, -0.25) is 14.5 Å². The van der Waals surface area contributed by atoms with Crippen molar-refractivity contribution in [2.24, 2.45) is 0 Å². The second-order valence-electron chi connectivity index (χ2n) is 7.51. The molecule has 0 bridgehead atoms. The van der Waals surface area contributed by atoms with E-state index in [4.69, 9.17) is 0 Å². The van der Waals surface area contributed by atoms with Gasteiger partial charge in [-0.15, -0.1) is 0 Å². The molecule has 1 N–H and O–H groups in total. The zero-order valence-corrected chi connectivity index (χ0v) is 14.6. The van der Waals surface area contributed by atoms with Gasteiger partial charge < -0.3 is 10.2 Å². The van der Waals surface area contributed by atoms with Gasteiger partial charge in [0.25, 0.3) is 5.91 Å². The first-order valence-corrected chi connectivity index (χ1v) is 8.98. The monoisotopic (exact) mass is 341 g/mol. The largest absolute Gasteiger partial charge is 0.336 e. The van der Waals surface area contributed by atoms with Crippen molar-refractivity contribution >= 4 is 17.8 Å². The van der Waals surface area contributed by atoms with Crippen molar-refractivity contribution in [3.8, 4) is 0 Å². The molecule has 3 aliphatic rings. The smallest absolute Gasteiger partial charge is 0.325 e. The summed E-state index contributed by atoms with van der Waals surface area (Å²) in [5, 5.41) is 2.87. The van der Waals surface area contributed by atoms with Gasteiger partial charge in [0.05, 0.1) is 0 Å². The highest BCUT2D eigenvalue weighted by Gasteiger charge is 2.55. The third kappa shape index (κ3) is 2.42. The zero-order chi connectivity index (χ0) is 17.8. The first kappa shape index (κ1) is 16.1. The SMILES string of the molecule is CC(C)N(C(=O)CN1C(=O)NC2(CCc3ccccc32)C1=O)C1CC1. The highest BCUT2D eigenvalue weighted by molar-refractivity contribution is 6.10. The van der Waals surface area contributed by atoms with Crippen molar-refractivity contribution in [2.45, 2.75) is 57.2 Å². The van der Waals surface area contributed by atoms with Crippen molar-refractivity contribution < 1.29 is 14.4 Å².